The zero-order chi connectivity index (χ0) is 17.7. The molecular weight excluding hydrogens is 350 g/mol. The molecule has 8 heteroatoms. The fraction of sp³-hybridized carbons (Fsp3) is 0.562. The molecule has 0 unspecified atom stereocenters. The van der Waals surface area contributed by atoms with Crippen molar-refractivity contribution >= 4 is 33.3 Å². The molecule has 2 rings (SSSR count). The standard InChI is InChI=1S/C16H24ClN3O3S/c1-3-13-9-14(17)6-7-15(13)19-16(21)18-10-12-5-4-8-20(11-12)24(2,22)23/h6-7,9,12H,3-5,8,10-11H2,1-2H3,(H2,18,19,21)/t12-/m0/s1. The van der Waals surface area contributed by atoms with Crippen LogP contribution in [-0.4, -0.2) is 44.6 Å². The highest BCUT2D eigenvalue weighted by Crippen LogP contribution is 2.21. The quantitative estimate of drug-likeness (QED) is 0.832. The van der Waals surface area contributed by atoms with Crippen LogP contribution in [0.1, 0.15) is 25.3 Å². The van der Waals surface area contributed by atoms with Crippen molar-refractivity contribution < 1.29 is 13.2 Å². The third-order valence-electron chi connectivity index (χ3n) is 4.20. The van der Waals surface area contributed by atoms with E-state index in [4.69, 9.17) is 11.6 Å². The number of hydrogen-bond donors (Lipinski definition) is 2. The second kappa shape index (κ2) is 8.18. The molecular formula is C16H24ClN3O3S. The van der Waals surface area contributed by atoms with Gasteiger partial charge in [-0.15, -0.1) is 0 Å². The smallest absolute Gasteiger partial charge is 0.319 e. The highest BCUT2D eigenvalue weighted by atomic mass is 35.5. The molecule has 134 valence electrons. The Morgan fingerprint density at radius 3 is 2.83 bits per heavy atom. The highest BCUT2D eigenvalue weighted by molar-refractivity contribution is 7.88. The molecule has 1 atom stereocenters. The molecule has 1 heterocycles. The summed E-state index contributed by atoms with van der Waals surface area (Å²) in [6, 6.07) is 5.07. The number of nitrogens with one attached hydrogen (secondary N) is 2. The van der Waals surface area contributed by atoms with Gasteiger partial charge in [-0.1, -0.05) is 18.5 Å². The van der Waals surface area contributed by atoms with Gasteiger partial charge in [0, 0.05) is 30.3 Å². The summed E-state index contributed by atoms with van der Waals surface area (Å²) in [6.07, 6.45) is 3.72. The van der Waals surface area contributed by atoms with Crippen molar-refractivity contribution in [3.05, 3.63) is 28.8 Å². The van der Waals surface area contributed by atoms with Gasteiger partial charge >= 0.3 is 6.03 Å². The van der Waals surface area contributed by atoms with Crippen LogP contribution in [0.15, 0.2) is 18.2 Å². The summed E-state index contributed by atoms with van der Waals surface area (Å²) >= 11 is 5.96. The number of benzene rings is 1. The highest BCUT2D eigenvalue weighted by Gasteiger charge is 2.26. The van der Waals surface area contributed by atoms with Crippen molar-refractivity contribution in [3.8, 4) is 0 Å². The van der Waals surface area contributed by atoms with Crippen molar-refractivity contribution in [1.82, 2.24) is 9.62 Å². The van der Waals surface area contributed by atoms with Crippen molar-refractivity contribution in [3.63, 3.8) is 0 Å². The third kappa shape index (κ3) is 5.36. The van der Waals surface area contributed by atoms with Gasteiger partial charge in [0.1, 0.15) is 0 Å². The average molecular weight is 374 g/mol. The lowest BCUT2D eigenvalue weighted by molar-refractivity contribution is 0.239. The first kappa shape index (κ1) is 19.0. The van der Waals surface area contributed by atoms with Gasteiger partial charge in [-0.2, -0.15) is 0 Å². The number of urea groups is 1. The van der Waals surface area contributed by atoms with Crippen LogP contribution in [0.3, 0.4) is 0 Å². The van der Waals surface area contributed by atoms with Crippen LogP contribution >= 0.6 is 11.6 Å². The number of rotatable bonds is 5. The van der Waals surface area contributed by atoms with E-state index in [-0.39, 0.29) is 11.9 Å². The molecule has 2 amide bonds. The van der Waals surface area contributed by atoms with Crippen LogP contribution in [0.2, 0.25) is 5.02 Å². The minimum Gasteiger partial charge on any atom is -0.338 e. The maximum absolute atomic E-state index is 12.1. The maximum atomic E-state index is 12.1. The lowest BCUT2D eigenvalue weighted by atomic mass is 10.00. The number of piperidine rings is 1. The van der Waals surface area contributed by atoms with E-state index >= 15 is 0 Å². The zero-order valence-electron chi connectivity index (χ0n) is 14.0. The summed E-state index contributed by atoms with van der Waals surface area (Å²) in [4.78, 5) is 12.1. The van der Waals surface area contributed by atoms with Crippen LogP contribution in [-0.2, 0) is 16.4 Å². The largest absolute Gasteiger partial charge is 0.338 e. The molecule has 0 spiro atoms. The first-order valence-corrected chi connectivity index (χ1v) is 10.3. The number of sulfonamides is 1. The molecule has 1 saturated heterocycles. The van der Waals surface area contributed by atoms with Crippen molar-refractivity contribution in [2.45, 2.75) is 26.2 Å². The number of nitrogens with zero attached hydrogens (tertiary/aromatic N) is 1. The van der Waals surface area contributed by atoms with Crippen molar-refractivity contribution in [2.24, 2.45) is 5.92 Å². The second-order valence-corrected chi connectivity index (χ2v) is 8.54. The number of anilines is 1. The molecule has 1 aliphatic heterocycles. The second-order valence-electron chi connectivity index (χ2n) is 6.12. The summed E-state index contributed by atoms with van der Waals surface area (Å²) in [5.74, 6) is 0.134. The maximum Gasteiger partial charge on any atom is 0.319 e. The van der Waals surface area contributed by atoms with Crippen LogP contribution in [0.25, 0.3) is 0 Å². The van der Waals surface area contributed by atoms with Crippen LogP contribution in [0.4, 0.5) is 10.5 Å². The SMILES string of the molecule is CCc1cc(Cl)ccc1NC(=O)NC[C@@H]1CCCN(S(C)(=O)=O)C1. The predicted molar refractivity (Wildman–Crippen MR) is 97.0 cm³/mol. The van der Waals surface area contributed by atoms with Gasteiger partial charge in [-0.05, 0) is 48.9 Å². The van der Waals surface area contributed by atoms with E-state index in [0.29, 0.717) is 24.7 Å². The Morgan fingerprint density at radius 1 is 1.42 bits per heavy atom. The van der Waals surface area contributed by atoms with Gasteiger partial charge < -0.3 is 10.6 Å². The molecule has 0 saturated carbocycles. The molecule has 0 bridgehead atoms. The van der Waals surface area contributed by atoms with Gasteiger partial charge in [-0.3, -0.25) is 0 Å². The summed E-state index contributed by atoms with van der Waals surface area (Å²) in [5.41, 5.74) is 1.71. The molecule has 6 nitrogen and oxygen atoms in total. The van der Waals surface area contributed by atoms with Crippen molar-refractivity contribution in [1.29, 1.82) is 0 Å². The first-order chi connectivity index (χ1) is 11.3. The van der Waals surface area contributed by atoms with E-state index in [0.717, 1.165) is 30.5 Å². The Bertz CT molecular complexity index is 694. The van der Waals surface area contributed by atoms with Gasteiger partial charge in [-0.25, -0.2) is 17.5 Å². The molecule has 1 aliphatic rings. The number of amides is 2. The van der Waals surface area contributed by atoms with E-state index < -0.39 is 10.0 Å². The van der Waals surface area contributed by atoms with Crippen LogP contribution in [0, 0.1) is 5.92 Å². The molecule has 1 fully saturated rings. The van der Waals surface area contributed by atoms with E-state index in [1.807, 2.05) is 13.0 Å². The molecule has 1 aromatic carbocycles. The van der Waals surface area contributed by atoms with Gasteiger partial charge in [0.05, 0.1) is 6.26 Å². The Hall–Kier alpha value is -1.31. The average Bonchev–Trinajstić information content (AvgIpc) is 2.54. The lowest BCUT2D eigenvalue weighted by Gasteiger charge is -2.31. The fourth-order valence-electron chi connectivity index (χ4n) is 2.87. The number of halogens is 1. The third-order valence-corrected chi connectivity index (χ3v) is 5.70. The summed E-state index contributed by atoms with van der Waals surface area (Å²) in [5, 5.41) is 6.30. The van der Waals surface area contributed by atoms with Gasteiger partial charge in [0.25, 0.3) is 0 Å². The minimum atomic E-state index is -3.17. The summed E-state index contributed by atoms with van der Waals surface area (Å²) in [7, 11) is -3.17. The number of carbonyl (C=O) groups excluding carboxylic acids is 1. The molecule has 0 aromatic heterocycles. The van der Waals surface area contributed by atoms with E-state index in [1.54, 1.807) is 12.1 Å². The Morgan fingerprint density at radius 2 is 2.17 bits per heavy atom. The summed E-state index contributed by atoms with van der Waals surface area (Å²) < 4.78 is 24.7. The number of carbonyl (C=O) groups is 1. The monoisotopic (exact) mass is 373 g/mol. The summed E-state index contributed by atoms with van der Waals surface area (Å²) in [6.45, 7) is 3.47. The van der Waals surface area contributed by atoms with Gasteiger partial charge in [0.2, 0.25) is 10.0 Å². The first-order valence-electron chi connectivity index (χ1n) is 8.08. The zero-order valence-corrected chi connectivity index (χ0v) is 15.6. The molecule has 1 aromatic rings. The van der Waals surface area contributed by atoms with Crippen LogP contribution < -0.4 is 10.6 Å². The molecule has 0 radical (unpaired) electrons. The Balaban J connectivity index is 1.87. The lowest BCUT2D eigenvalue weighted by Crippen LogP contribution is -2.43. The fourth-order valence-corrected chi connectivity index (χ4v) is 4.01. The van der Waals surface area contributed by atoms with E-state index in [1.165, 1.54) is 10.6 Å². The predicted octanol–water partition coefficient (Wildman–Crippen LogP) is 2.70. The normalized spacial score (nSPS) is 19.0. The molecule has 2 N–H and O–H groups in total. The number of hydrogen-bond acceptors (Lipinski definition) is 3. The van der Waals surface area contributed by atoms with Gasteiger partial charge in [0.15, 0.2) is 0 Å². The van der Waals surface area contributed by atoms with E-state index in [9.17, 15) is 13.2 Å². The molecule has 24 heavy (non-hydrogen) atoms. The number of aryl methyl sites for hydroxylation is 1. The minimum absolute atomic E-state index is 0.134. The Labute approximate surface area is 148 Å². The van der Waals surface area contributed by atoms with Crippen molar-refractivity contribution in [2.75, 3.05) is 31.2 Å². The topological polar surface area (TPSA) is 78.5 Å². The molecule has 0 aliphatic carbocycles. The Kier molecular flexibility index (Phi) is 6.48. The van der Waals surface area contributed by atoms with E-state index in [2.05, 4.69) is 10.6 Å². The van der Waals surface area contributed by atoms with Crippen LogP contribution in [0.5, 0.6) is 0 Å².